The Kier molecular flexibility index (Phi) is 3.91. The first-order chi connectivity index (χ1) is 8.61. The molecule has 1 atom stereocenters. The zero-order valence-electron chi connectivity index (χ0n) is 10.4. The van der Waals surface area contributed by atoms with Crippen LogP contribution in [-0.2, 0) is 14.3 Å². The number of nitrogens with one attached hydrogen (secondary N) is 1. The molecule has 0 fully saturated rings. The third-order valence-corrected chi connectivity index (χ3v) is 3.96. The lowest BCUT2D eigenvalue weighted by atomic mass is 10.2. The van der Waals surface area contributed by atoms with Crippen LogP contribution in [0.25, 0.3) is 0 Å². The van der Waals surface area contributed by atoms with Crippen LogP contribution < -0.4 is 5.32 Å². The lowest BCUT2D eigenvalue weighted by Gasteiger charge is -2.24. The monoisotopic (exact) mass is 265 g/mol. The molecule has 0 aromatic heterocycles. The first kappa shape index (κ1) is 13.0. The van der Waals surface area contributed by atoms with Crippen molar-refractivity contribution in [2.24, 2.45) is 0 Å². The van der Waals surface area contributed by atoms with E-state index in [1.807, 2.05) is 25.1 Å². The lowest BCUT2D eigenvalue weighted by molar-refractivity contribution is -0.143. The highest BCUT2D eigenvalue weighted by Gasteiger charge is 2.29. The van der Waals surface area contributed by atoms with Crippen LogP contribution >= 0.6 is 11.8 Å². The van der Waals surface area contributed by atoms with E-state index in [9.17, 15) is 9.59 Å². The molecule has 18 heavy (non-hydrogen) atoms. The number of anilines is 1. The Balaban J connectivity index is 2.13. The minimum Gasteiger partial charge on any atom is -0.466 e. The number of carbonyl (C=O) groups is 2. The average molecular weight is 265 g/mol. The normalized spacial score (nSPS) is 17.9. The molecule has 1 aliphatic heterocycles. The first-order valence-corrected chi connectivity index (χ1v) is 6.72. The number of carbonyl (C=O) groups excluding carboxylic acids is 2. The summed E-state index contributed by atoms with van der Waals surface area (Å²) in [6, 6.07) is 5.84. The summed E-state index contributed by atoms with van der Waals surface area (Å²) in [6.07, 6.45) is 0.109. The molecule has 1 heterocycles. The quantitative estimate of drug-likeness (QED) is 0.852. The Morgan fingerprint density at radius 1 is 1.50 bits per heavy atom. The molecular weight excluding hydrogens is 250 g/mol. The number of fused-ring (bicyclic) bond motifs is 1. The third kappa shape index (κ3) is 2.67. The maximum absolute atomic E-state index is 11.9. The molecule has 0 aliphatic carbocycles. The van der Waals surface area contributed by atoms with Gasteiger partial charge < -0.3 is 10.1 Å². The summed E-state index contributed by atoms with van der Waals surface area (Å²) in [6.45, 7) is 4.05. The van der Waals surface area contributed by atoms with E-state index >= 15 is 0 Å². The Morgan fingerprint density at radius 3 is 3.00 bits per heavy atom. The van der Waals surface area contributed by atoms with Crippen molar-refractivity contribution >= 4 is 29.3 Å². The fourth-order valence-electron chi connectivity index (χ4n) is 1.82. The lowest BCUT2D eigenvalue weighted by Crippen LogP contribution is -2.31. The Bertz CT molecular complexity index is 487. The van der Waals surface area contributed by atoms with Gasteiger partial charge in [-0.15, -0.1) is 11.8 Å². The van der Waals surface area contributed by atoms with Crippen molar-refractivity contribution in [3.8, 4) is 0 Å². The maximum Gasteiger partial charge on any atom is 0.307 e. The number of amides is 1. The fourth-order valence-corrected chi connectivity index (χ4v) is 2.99. The predicted molar refractivity (Wildman–Crippen MR) is 70.7 cm³/mol. The minimum atomic E-state index is -0.404. The zero-order chi connectivity index (χ0) is 13.1. The summed E-state index contributed by atoms with van der Waals surface area (Å²) in [5, 5.41) is 2.45. The van der Waals surface area contributed by atoms with Gasteiger partial charge in [0.1, 0.15) is 0 Å². The van der Waals surface area contributed by atoms with Crippen molar-refractivity contribution in [1.29, 1.82) is 0 Å². The average Bonchev–Trinajstić information content (AvgIpc) is 2.32. The van der Waals surface area contributed by atoms with E-state index in [0.717, 1.165) is 16.1 Å². The topological polar surface area (TPSA) is 55.4 Å². The van der Waals surface area contributed by atoms with Gasteiger partial charge in [-0.25, -0.2) is 0 Å². The molecule has 1 aliphatic rings. The van der Waals surface area contributed by atoms with Crippen LogP contribution in [0.2, 0.25) is 0 Å². The summed E-state index contributed by atoms with van der Waals surface area (Å²) in [5.74, 6) is -0.462. The van der Waals surface area contributed by atoms with Crippen LogP contribution in [0.4, 0.5) is 5.69 Å². The molecule has 1 unspecified atom stereocenters. The molecule has 0 saturated carbocycles. The van der Waals surface area contributed by atoms with Gasteiger partial charge in [0.05, 0.1) is 24.0 Å². The number of benzene rings is 1. The number of rotatable bonds is 3. The molecule has 1 N–H and O–H groups in total. The highest BCUT2D eigenvalue weighted by Crippen LogP contribution is 2.38. The molecule has 5 heteroatoms. The van der Waals surface area contributed by atoms with E-state index in [1.54, 1.807) is 6.92 Å². The predicted octanol–water partition coefficient (Wildman–Crippen LogP) is 2.36. The van der Waals surface area contributed by atoms with Crippen molar-refractivity contribution < 1.29 is 14.3 Å². The van der Waals surface area contributed by atoms with E-state index in [4.69, 9.17) is 4.74 Å². The molecule has 0 saturated heterocycles. The number of ether oxygens (including phenoxy) is 1. The largest absolute Gasteiger partial charge is 0.466 e. The number of hydrogen-bond acceptors (Lipinski definition) is 4. The van der Waals surface area contributed by atoms with Crippen molar-refractivity contribution in [2.75, 3.05) is 11.9 Å². The van der Waals surface area contributed by atoms with Crippen LogP contribution in [0.1, 0.15) is 18.9 Å². The number of hydrogen-bond donors (Lipinski definition) is 1. The SMILES string of the molecule is CCOC(=O)CC1Sc2cccc(C)c2NC1=O. The molecule has 1 aromatic carbocycles. The van der Waals surface area contributed by atoms with Crippen LogP contribution in [0, 0.1) is 6.92 Å². The maximum atomic E-state index is 11.9. The van der Waals surface area contributed by atoms with Gasteiger partial charge in [-0.3, -0.25) is 9.59 Å². The summed E-state index contributed by atoms with van der Waals surface area (Å²) in [4.78, 5) is 24.3. The Hall–Kier alpha value is -1.49. The number of esters is 1. The van der Waals surface area contributed by atoms with E-state index in [-0.39, 0.29) is 18.3 Å². The molecule has 96 valence electrons. The first-order valence-electron chi connectivity index (χ1n) is 5.84. The van der Waals surface area contributed by atoms with Gasteiger partial charge in [-0.2, -0.15) is 0 Å². The number of aryl methyl sites for hydroxylation is 1. The van der Waals surface area contributed by atoms with Crippen molar-refractivity contribution in [3.05, 3.63) is 23.8 Å². The summed E-state index contributed by atoms with van der Waals surface area (Å²) in [7, 11) is 0. The molecule has 1 amide bonds. The summed E-state index contributed by atoms with van der Waals surface area (Å²) in [5.41, 5.74) is 1.88. The highest BCUT2D eigenvalue weighted by molar-refractivity contribution is 8.01. The second-order valence-corrected chi connectivity index (χ2v) is 5.30. The minimum absolute atomic E-state index is 0.109. The number of para-hydroxylation sites is 1. The molecule has 0 spiro atoms. The third-order valence-electron chi connectivity index (χ3n) is 2.70. The van der Waals surface area contributed by atoms with Crippen molar-refractivity contribution in [2.45, 2.75) is 30.4 Å². The summed E-state index contributed by atoms with van der Waals surface area (Å²) >= 11 is 1.42. The van der Waals surface area contributed by atoms with E-state index in [1.165, 1.54) is 11.8 Å². The van der Waals surface area contributed by atoms with Crippen LogP contribution in [0.15, 0.2) is 23.1 Å². The van der Waals surface area contributed by atoms with Gasteiger partial charge in [0.15, 0.2) is 0 Å². The standard InChI is InChI=1S/C13H15NO3S/c1-3-17-11(15)7-10-13(16)14-12-8(2)5-4-6-9(12)18-10/h4-6,10H,3,7H2,1-2H3,(H,14,16). The smallest absolute Gasteiger partial charge is 0.307 e. The molecule has 1 aromatic rings. The molecule has 2 rings (SSSR count). The van der Waals surface area contributed by atoms with Gasteiger partial charge in [0.25, 0.3) is 0 Å². The van der Waals surface area contributed by atoms with E-state index in [0.29, 0.717) is 6.61 Å². The van der Waals surface area contributed by atoms with Crippen LogP contribution in [0.3, 0.4) is 0 Å². The van der Waals surface area contributed by atoms with Gasteiger partial charge in [-0.05, 0) is 25.5 Å². The second kappa shape index (κ2) is 5.44. The van der Waals surface area contributed by atoms with Gasteiger partial charge in [0.2, 0.25) is 5.91 Å². The Morgan fingerprint density at radius 2 is 2.28 bits per heavy atom. The van der Waals surface area contributed by atoms with E-state index < -0.39 is 5.25 Å². The van der Waals surface area contributed by atoms with Crippen LogP contribution in [-0.4, -0.2) is 23.7 Å². The van der Waals surface area contributed by atoms with Crippen molar-refractivity contribution in [3.63, 3.8) is 0 Å². The van der Waals surface area contributed by atoms with Crippen molar-refractivity contribution in [1.82, 2.24) is 0 Å². The Labute approximate surface area is 110 Å². The van der Waals surface area contributed by atoms with E-state index in [2.05, 4.69) is 5.32 Å². The second-order valence-electron chi connectivity index (χ2n) is 4.05. The molecule has 4 nitrogen and oxygen atoms in total. The molecule has 0 radical (unpaired) electrons. The molecule has 0 bridgehead atoms. The van der Waals surface area contributed by atoms with Gasteiger partial charge in [-0.1, -0.05) is 12.1 Å². The zero-order valence-corrected chi connectivity index (χ0v) is 11.2. The highest BCUT2D eigenvalue weighted by atomic mass is 32.2. The fraction of sp³-hybridized carbons (Fsp3) is 0.385. The van der Waals surface area contributed by atoms with Crippen LogP contribution in [0.5, 0.6) is 0 Å². The number of thioether (sulfide) groups is 1. The summed E-state index contributed by atoms with van der Waals surface area (Å²) < 4.78 is 4.87. The van der Waals surface area contributed by atoms with Gasteiger partial charge in [0, 0.05) is 4.90 Å². The molecular formula is C13H15NO3S. The van der Waals surface area contributed by atoms with Gasteiger partial charge >= 0.3 is 5.97 Å².